The smallest absolute Gasteiger partial charge is 0.303 e. The van der Waals surface area contributed by atoms with Crippen molar-refractivity contribution >= 4 is 60.6 Å². The number of carboxylic acids is 1. The van der Waals surface area contributed by atoms with Gasteiger partial charge in [0, 0.05) is 23.1 Å². The van der Waals surface area contributed by atoms with Gasteiger partial charge >= 0.3 is 5.97 Å². The maximum atomic E-state index is 13.3. The number of carbonyl (C=O) groups excluding carboxylic acids is 1. The lowest BCUT2D eigenvalue weighted by Gasteiger charge is -2.23. The number of halogens is 1. The Morgan fingerprint density at radius 2 is 1.78 bits per heavy atom. The Kier molecular flexibility index (Phi) is 9.62. The molecule has 0 radical (unpaired) electrons. The molecule has 0 aromatic heterocycles. The van der Waals surface area contributed by atoms with Crippen LogP contribution in [0.1, 0.15) is 35.4 Å². The number of aryl methyl sites for hydroxylation is 1. The zero-order valence-corrected chi connectivity index (χ0v) is 25.6. The highest BCUT2D eigenvalue weighted by atomic mass is 79.9. The van der Waals surface area contributed by atoms with E-state index in [9.17, 15) is 18.0 Å². The fourth-order valence-electron chi connectivity index (χ4n) is 4.79. The van der Waals surface area contributed by atoms with Crippen LogP contribution in [0.5, 0.6) is 0 Å². The Morgan fingerprint density at radius 1 is 1.05 bits per heavy atom. The molecule has 11 heteroatoms. The van der Waals surface area contributed by atoms with Gasteiger partial charge in [-0.25, -0.2) is 8.42 Å². The van der Waals surface area contributed by atoms with E-state index in [1.807, 2.05) is 61.5 Å². The van der Waals surface area contributed by atoms with Crippen LogP contribution in [0.25, 0.3) is 0 Å². The van der Waals surface area contributed by atoms with Gasteiger partial charge in [-0.2, -0.15) is 0 Å². The van der Waals surface area contributed by atoms with E-state index in [-0.39, 0.29) is 12.3 Å². The summed E-state index contributed by atoms with van der Waals surface area (Å²) in [5, 5.41) is 12.1. The first-order valence-electron chi connectivity index (χ1n) is 13.1. The third-order valence-electron chi connectivity index (χ3n) is 6.72. The van der Waals surface area contributed by atoms with Gasteiger partial charge in [-0.15, -0.1) is 0 Å². The van der Waals surface area contributed by atoms with Gasteiger partial charge in [-0.3, -0.25) is 18.9 Å². The van der Waals surface area contributed by atoms with E-state index in [1.165, 1.54) is 10.6 Å². The molecule has 3 aromatic rings. The maximum Gasteiger partial charge on any atom is 0.303 e. The minimum Gasteiger partial charge on any atom is -0.481 e. The maximum absolute atomic E-state index is 13.3. The molecule has 0 saturated heterocycles. The van der Waals surface area contributed by atoms with Crippen molar-refractivity contribution in [2.45, 2.75) is 25.2 Å². The molecule has 216 valence electrons. The van der Waals surface area contributed by atoms with Crippen LogP contribution in [-0.2, 0) is 26.0 Å². The summed E-state index contributed by atoms with van der Waals surface area (Å²) >= 11 is 3.46. The number of carbonyl (C=O) groups is 2. The highest BCUT2D eigenvalue weighted by molar-refractivity contribution is 9.10. The van der Waals surface area contributed by atoms with E-state index in [2.05, 4.69) is 21.2 Å². The van der Waals surface area contributed by atoms with Crippen LogP contribution in [-0.4, -0.2) is 69.5 Å². The molecule has 9 nitrogen and oxygen atoms in total. The minimum absolute atomic E-state index is 0.0104. The van der Waals surface area contributed by atoms with Crippen LogP contribution in [0.4, 0.5) is 17.1 Å². The number of sulfonamides is 1. The Hall–Kier alpha value is -3.54. The number of carboxylic acid groups (broad SMARTS) is 1. The molecule has 1 amide bonds. The number of aliphatic carboxylic acids is 1. The molecular weight excluding hydrogens is 608 g/mol. The first-order valence-corrected chi connectivity index (χ1v) is 15.8. The average molecular weight is 642 g/mol. The summed E-state index contributed by atoms with van der Waals surface area (Å²) in [6.45, 7) is 1.10. The van der Waals surface area contributed by atoms with E-state index >= 15 is 0 Å². The molecule has 0 saturated carbocycles. The van der Waals surface area contributed by atoms with Gasteiger partial charge < -0.3 is 15.3 Å². The van der Waals surface area contributed by atoms with Gasteiger partial charge in [-0.1, -0.05) is 40.2 Å². The zero-order valence-electron chi connectivity index (χ0n) is 23.2. The van der Waals surface area contributed by atoms with E-state index in [4.69, 9.17) is 10.1 Å². The quantitative estimate of drug-likeness (QED) is 0.268. The van der Waals surface area contributed by atoms with E-state index < -0.39 is 21.9 Å². The molecule has 4 rings (SSSR count). The van der Waals surface area contributed by atoms with Crippen LogP contribution >= 0.6 is 15.9 Å². The Labute approximate surface area is 249 Å². The summed E-state index contributed by atoms with van der Waals surface area (Å²) in [6.07, 6.45) is 2.21. The lowest BCUT2D eigenvalue weighted by atomic mass is 9.89. The van der Waals surface area contributed by atoms with Crippen LogP contribution in [0.2, 0.25) is 0 Å². The number of amides is 1. The molecule has 1 unspecified atom stereocenters. The third-order valence-corrected chi connectivity index (χ3v) is 8.41. The number of aliphatic imine (C=N–C) groups is 1. The molecule has 1 heterocycles. The predicted molar refractivity (Wildman–Crippen MR) is 166 cm³/mol. The summed E-state index contributed by atoms with van der Waals surface area (Å²) in [4.78, 5) is 31.4. The standard InChI is InChI=1S/C30H33BrN4O5S/c1-34(2)16-5-17-35(41(3,39)40)24-12-10-23(11-13-24)32-29(21-7-4-6-20(18-21)8-15-27(36)37)28-25-14-9-22(31)19-26(25)33-30(28)38/h4,6-7,9-14,18-19,28H,5,8,15-17H2,1-3H3,(H,33,38)(H,36,37). The van der Waals surface area contributed by atoms with Crippen molar-refractivity contribution in [1.29, 1.82) is 0 Å². The van der Waals surface area contributed by atoms with Gasteiger partial charge in [0.2, 0.25) is 15.9 Å². The fraction of sp³-hybridized carbons (Fsp3) is 0.300. The number of nitrogens with one attached hydrogen (secondary N) is 1. The molecule has 41 heavy (non-hydrogen) atoms. The molecule has 1 aliphatic rings. The fourth-order valence-corrected chi connectivity index (χ4v) is 6.12. The second-order valence-electron chi connectivity index (χ2n) is 10.3. The third kappa shape index (κ3) is 7.81. The molecule has 0 bridgehead atoms. The molecule has 0 aliphatic carbocycles. The van der Waals surface area contributed by atoms with Crippen molar-refractivity contribution in [3.8, 4) is 0 Å². The second-order valence-corrected chi connectivity index (χ2v) is 13.1. The number of fused-ring (bicyclic) bond motifs is 1. The normalized spacial score (nSPS) is 15.1. The van der Waals surface area contributed by atoms with Crippen molar-refractivity contribution in [2.24, 2.45) is 4.99 Å². The summed E-state index contributed by atoms with van der Waals surface area (Å²) in [7, 11) is 0.398. The van der Waals surface area contributed by atoms with E-state index in [1.54, 1.807) is 24.3 Å². The first kappa shape index (κ1) is 30.4. The van der Waals surface area contributed by atoms with Gasteiger partial charge in [0.05, 0.1) is 23.3 Å². The Bertz CT molecular complexity index is 1570. The first-order chi connectivity index (χ1) is 19.4. The highest BCUT2D eigenvalue weighted by Gasteiger charge is 2.35. The highest BCUT2D eigenvalue weighted by Crippen LogP contribution is 2.38. The second kappa shape index (κ2) is 13.0. The number of rotatable bonds is 12. The number of hydrogen-bond acceptors (Lipinski definition) is 6. The summed E-state index contributed by atoms with van der Waals surface area (Å²) in [5.41, 5.74) is 4.61. The molecule has 1 atom stereocenters. The summed E-state index contributed by atoms with van der Waals surface area (Å²) < 4.78 is 27.3. The number of benzene rings is 3. The van der Waals surface area contributed by atoms with E-state index in [0.717, 1.165) is 22.1 Å². The zero-order chi connectivity index (χ0) is 29.7. The van der Waals surface area contributed by atoms with Crippen molar-refractivity contribution in [3.63, 3.8) is 0 Å². The van der Waals surface area contributed by atoms with Crippen molar-refractivity contribution in [2.75, 3.05) is 43.1 Å². The van der Waals surface area contributed by atoms with Crippen LogP contribution in [0.15, 0.2) is 76.2 Å². The molecule has 2 N–H and O–H groups in total. The summed E-state index contributed by atoms with van der Waals surface area (Å²) in [5.74, 6) is -1.79. The largest absolute Gasteiger partial charge is 0.481 e. The minimum atomic E-state index is -3.49. The van der Waals surface area contributed by atoms with Crippen LogP contribution < -0.4 is 9.62 Å². The van der Waals surface area contributed by atoms with Crippen molar-refractivity contribution in [3.05, 3.63) is 87.9 Å². The molecule has 0 spiro atoms. The van der Waals surface area contributed by atoms with Gasteiger partial charge in [0.15, 0.2) is 0 Å². The SMILES string of the molecule is CN(C)CCCN(c1ccc(N=C(c2cccc(CCC(=O)O)c2)C2C(=O)Nc3cc(Br)ccc32)cc1)S(C)(=O)=O. The van der Waals surface area contributed by atoms with Gasteiger partial charge in [0.25, 0.3) is 0 Å². The predicted octanol–water partition coefficient (Wildman–Crippen LogP) is 5.04. The monoisotopic (exact) mass is 640 g/mol. The number of anilines is 2. The number of nitrogens with zero attached hydrogens (tertiary/aromatic N) is 3. The Morgan fingerprint density at radius 3 is 2.44 bits per heavy atom. The van der Waals surface area contributed by atoms with E-state index in [0.29, 0.717) is 47.7 Å². The van der Waals surface area contributed by atoms with Crippen LogP contribution in [0, 0.1) is 0 Å². The van der Waals surface area contributed by atoms with Gasteiger partial charge in [0.1, 0.15) is 5.92 Å². The number of hydrogen-bond donors (Lipinski definition) is 2. The van der Waals surface area contributed by atoms with Crippen LogP contribution in [0.3, 0.4) is 0 Å². The van der Waals surface area contributed by atoms with Crippen molar-refractivity contribution in [1.82, 2.24) is 4.90 Å². The molecular formula is C30H33BrN4O5S. The van der Waals surface area contributed by atoms with Crippen molar-refractivity contribution < 1.29 is 23.1 Å². The lowest BCUT2D eigenvalue weighted by Crippen LogP contribution is -2.32. The lowest BCUT2D eigenvalue weighted by molar-refractivity contribution is -0.137. The van der Waals surface area contributed by atoms with Gasteiger partial charge in [-0.05, 0) is 92.6 Å². The molecule has 3 aromatic carbocycles. The summed E-state index contributed by atoms with van der Waals surface area (Å²) in [6, 6.07) is 19.9. The molecule has 1 aliphatic heterocycles. The topological polar surface area (TPSA) is 119 Å². The Balaban J connectivity index is 1.74. The molecule has 0 fully saturated rings. The average Bonchev–Trinajstić information content (AvgIpc) is 3.22.